The van der Waals surface area contributed by atoms with Crippen LogP contribution in [0, 0.1) is 6.92 Å². The predicted octanol–water partition coefficient (Wildman–Crippen LogP) is 1.97. The summed E-state index contributed by atoms with van der Waals surface area (Å²) in [5.41, 5.74) is 0.164. The number of rotatable bonds is 2. The number of aryl methyl sites for hydroxylation is 1. The molecular formula is C10H13ClN4O. The van der Waals surface area contributed by atoms with Crippen molar-refractivity contribution in [3.8, 4) is 0 Å². The lowest BCUT2D eigenvalue weighted by Gasteiger charge is -2.20. The SMILES string of the molecule is COC(C)(C)c1nnc2cc(Cl)nc(C)n12. The number of nitrogens with zero attached hydrogens (tertiary/aromatic N) is 4. The molecule has 6 heteroatoms. The first-order valence-corrected chi connectivity index (χ1v) is 5.27. The molecule has 0 saturated heterocycles. The van der Waals surface area contributed by atoms with Crippen molar-refractivity contribution in [1.82, 2.24) is 19.6 Å². The Morgan fingerprint density at radius 3 is 2.69 bits per heavy atom. The molecule has 2 heterocycles. The van der Waals surface area contributed by atoms with E-state index in [1.807, 2.05) is 25.2 Å². The Bertz CT molecular complexity index is 535. The number of halogens is 1. The largest absolute Gasteiger partial charge is 0.371 e. The summed E-state index contributed by atoms with van der Waals surface area (Å²) in [6.45, 7) is 5.71. The summed E-state index contributed by atoms with van der Waals surface area (Å²) in [4.78, 5) is 4.18. The van der Waals surface area contributed by atoms with Gasteiger partial charge in [-0.05, 0) is 20.8 Å². The second-order valence-electron chi connectivity index (χ2n) is 4.06. The zero-order chi connectivity index (χ0) is 11.9. The average Bonchev–Trinajstić information content (AvgIpc) is 2.62. The fourth-order valence-corrected chi connectivity index (χ4v) is 1.75. The van der Waals surface area contributed by atoms with Crippen LogP contribution in [0.15, 0.2) is 6.07 Å². The van der Waals surface area contributed by atoms with Crippen molar-refractivity contribution in [3.63, 3.8) is 0 Å². The Balaban J connectivity index is 2.74. The van der Waals surface area contributed by atoms with Gasteiger partial charge in [-0.15, -0.1) is 10.2 Å². The fourth-order valence-electron chi connectivity index (χ4n) is 1.53. The Morgan fingerprint density at radius 2 is 2.06 bits per heavy atom. The molecule has 86 valence electrons. The van der Waals surface area contributed by atoms with E-state index in [1.54, 1.807) is 13.2 Å². The number of ether oxygens (including phenoxy) is 1. The second kappa shape index (κ2) is 3.68. The summed E-state index contributed by atoms with van der Waals surface area (Å²) >= 11 is 5.86. The first kappa shape index (κ1) is 11.3. The molecule has 0 aliphatic carbocycles. The van der Waals surface area contributed by atoms with Crippen LogP contribution < -0.4 is 0 Å². The van der Waals surface area contributed by atoms with Gasteiger partial charge in [0.15, 0.2) is 11.5 Å². The summed E-state index contributed by atoms with van der Waals surface area (Å²) in [6, 6.07) is 1.68. The van der Waals surface area contributed by atoms with Crippen LogP contribution >= 0.6 is 11.6 Å². The minimum absolute atomic E-state index is 0.416. The maximum absolute atomic E-state index is 5.86. The van der Waals surface area contributed by atoms with Crippen LogP contribution in [-0.2, 0) is 10.3 Å². The van der Waals surface area contributed by atoms with Gasteiger partial charge >= 0.3 is 0 Å². The van der Waals surface area contributed by atoms with Gasteiger partial charge < -0.3 is 4.74 Å². The van der Waals surface area contributed by atoms with Crippen molar-refractivity contribution in [1.29, 1.82) is 0 Å². The molecule has 2 rings (SSSR count). The second-order valence-corrected chi connectivity index (χ2v) is 4.44. The molecule has 0 aromatic carbocycles. The van der Waals surface area contributed by atoms with E-state index in [0.29, 0.717) is 16.6 Å². The monoisotopic (exact) mass is 240 g/mol. The van der Waals surface area contributed by atoms with Gasteiger partial charge in [-0.1, -0.05) is 11.6 Å². The lowest BCUT2D eigenvalue weighted by atomic mass is 10.1. The molecule has 0 saturated carbocycles. The van der Waals surface area contributed by atoms with Gasteiger partial charge in [-0.3, -0.25) is 4.40 Å². The Labute approximate surface area is 98.4 Å². The van der Waals surface area contributed by atoms with Crippen LogP contribution in [0.1, 0.15) is 25.5 Å². The quantitative estimate of drug-likeness (QED) is 0.753. The first-order valence-electron chi connectivity index (χ1n) is 4.89. The molecule has 2 aromatic rings. The maximum Gasteiger partial charge on any atom is 0.170 e. The molecule has 2 aromatic heterocycles. The summed E-state index contributed by atoms with van der Waals surface area (Å²) < 4.78 is 7.23. The highest BCUT2D eigenvalue weighted by atomic mass is 35.5. The van der Waals surface area contributed by atoms with Crippen molar-refractivity contribution in [2.24, 2.45) is 0 Å². The van der Waals surface area contributed by atoms with Crippen molar-refractivity contribution in [2.45, 2.75) is 26.4 Å². The van der Waals surface area contributed by atoms with Gasteiger partial charge in [0.25, 0.3) is 0 Å². The molecule has 0 aliphatic heterocycles. The molecule has 0 fully saturated rings. The highest BCUT2D eigenvalue weighted by molar-refractivity contribution is 6.29. The average molecular weight is 241 g/mol. The van der Waals surface area contributed by atoms with Gasteiger partial charge in [0.1, 0.15) is 16.6 Å². The lowest BCUT2D eigenvalue weighted by Crippen LogP contribution is -2.23. The smallest absolute Gasteiger partial charge is 0.170 e. The number of fused-ring (bicyclic) bond motifs is 1. The molecule has 16 heavy (non-hydrogen) atoms. The summed E-state index contributed by atoms with van der Waals surface area (Å²) in [5, 5.41) is 8.61. The Morgan fingerprint density at radius 1 is 1.38 bits per heavy atom. The number of methoxy groups -OCH3 is 1. The minimum atomic E-state index is -0.514. The van der Waals surface area contributed by atoms with Gasteiger partial charge in [0, 0.05) is 13.2 Å². The maximum atomic E-state index is 5.86. The number of hydrogen-bond donors (Lipinski definition) is 0. The highest BCUT2D eigenvalue weighted by Crippen LogP contribution is 2.23. The van der Waals surface area contributed by atoms with Crippen molar-refractivity contribution >= 4 is 17.2 Å². The summed E-state index contributed by atoms with van der Waals surface area (Å²) in [7, 11) is 1.64. The van der Waals surface area contributed by atoms with Crippen LogP contribution in [0.3, 0.4) is 0 Å². The van der Waals surface area contributed by atoms with Crippen LogP contribution in [0.5, 0.6) is 0 Å². The van der Waals surface area contributed by atoms with Crippen molar-refractivity contribution < 1.29 is 4.74 Å². The van der Waals surface area contributed by atoms with Gasteiger partial charge in [0.2, 0.25) is 0 Å². The van der Waals surface area contributed by atoms with Crippen molar-refractivity contribution in [3.05, 3.63) is 22.9 Å². The lowest BCUT2D eigenvalue weighted by molar-refractivity contribution is 0.0104. The predicted molar refractivity (Wildman–Crippen MR) is 60.6 cm³/mol. The van der Waals surface area contributed by atoms with E-state index in [2.05, 4.69) is 15.2 Å². The van der Waals surface area contributed by atoms with E-state index in [-0.39, 0.29) is 0 Å². The minimum Gasteiger partial charge on any atom is -0.371 e. The zero-order valence-electron chi connectivity index (χ0n) is 9.65. The molecule has 0 bridgehead atoms. The molecule has 0 radical (unpaired) electrons. The van der Waals surface area contributed by atoms with Crippen LogP contribution in [0.4, 0.5) is 0 Å². The molecular weight excluding hydrogens is 228 g/mol. The number of hydrogen-bond acceptors (Lipinski definition) is 4. The standard InChI is InChI=1S/C10H13ClN4O/c1-6-12-7(11)5-8-13-14-9(15(6)8)10(2,3)16-4/h5H,1-4H3. The van der Waals surface area contributed by atoms with E-state index in [1.165, 1.54) is 0 Å². The molecule has 0 aliphatic rings. The number of aromatic nitrogens is 4. The molecule has 0 N–H and O–H groups in total. The van der Waals surface area contributed by atoms with Gasteiger partial charge in [-0.25, -0.2) is 4.98 Å². The molecule has 0 spiro atoms. The van der Waals surface area contributed by atoms with E-state index in [9.17, 15) is 0 Å². The first-order chi connectivity index (χ1) is 7.45. The Kier molecular flexibility index (Phi) is 2.59. The van der Waals surface area contributed by atoms with Gasteiger partial charge in [-0.2, -0.15) is 0 Å². The molecule has 5 nitrogen and oxygen atoms in total. The van der Waals surface area contributed by atoms with E-state index < -0.39 is 5.60 Å². The fraction of sp³-hybridized carbons (Fsp3) is 0.500. The van der Waals surface area contributed by atoms with E-state index in [4.69, 9.17) is 16.3 Å². The third-order valence-corrected chi connectivity index (χ3v) is 2.77. The van der Waals surface area contributed by atoms with E-state index in [0.717, 1.165) is 5.82 Å². The van der Waals surface area contributed by atoms with E-state index >= 15 is 0 Å². The zero-order valence-corrected chi connectivity index (χ0v) is 10.4. The van der Waals surface area contributed by atoms with Crippen LogP contribution in [0.25, 0.3) is 5.65 Å². The third kappa shape index (κ3) is 1.66. The normalized spacial score (nSPS) is 12.3. The third-order valence-electron chi connectivity index (χ3n) is 2.58. The molecule has 0 amide bonds. The van der Waals surface area contributed by atoms with Crippen molar-refractivity contribution in [2.75, 3.05) is 7.11 Å². The topological polar surface area (TPSA) is 52.3 Å². The Hall–Kier alpha value is -1.20. The van der Waals surface area contributed by atoms with Crippen LogP contribution in [-0.4, -0.2) is 26.7 Å². The summed E-state index contributed by atoms with van der Waals surface area (Å²) in [6.07, 6.45) is 0. The highest BCUT2D eigenvalue weighted by Gasteiger charge is 2.27. The summed E-state index contributed by atoms with van der Waals surface area (Å²) in [5.74, 6) is 1.46. The molecule has 0 atom stereocenters. The molecule has 0 unspecified atom stereocenters. The van der Waals surface area contributed by atoms with Crippen LogP contribution in [0.2, 0.25) is 5.15 Å². The van der Waals surface area contributed by atoms with Gasteiger partial charge in [0.05, 0.1) is 0 Å².